The summed E-state index contributed by atoms with van der Waals surface area (Å²) in [7, 11) is 0. The van der Waals surface area contributed by atoms with Crippen molar-refractivity contribution in [1.29, 1.82) is 0 Å². The Hall–Kier alpha value is -1.43. The third-order valence-corrected chi connectivity index (χ3v) is 3.70. The van der Waals surface area contributed by atoms with Crippen LogP contribution < -0.4 is 5.32 Å². The third kappa shape index (κ3) is 7.43. The van der Waals surface area contributed by atoms with Crippen LogP contribution in [0.15, 0.2) is 42.5 Å². The molecule has 24 heavy (non-hydrogen) atoms. The van der Waals surface area contributed by atoms with Gasteiger partial charge in [0, 0.05) is 12.6 Å². The Morgan fingerprint density at radius 2 is 1.67 bits per heavy atom. The van der Waals surface area contributed by atoms with E-state index in [2.05, 4.69) is 12.2 Å². The van der Waals surface area contributed by atoms with Crippen molar-refractivity contribution in [3.8, 4) is 0 Å². The van der Waals surface area contributed by atoms with E-state index < -0.39 is 18.1 Å². The highest BCUT2D eigenvalue weighted by atomic mass is 19.4. The first kappa shape index (κ1) is 20.6. The molecule has 1 nitrogen and oxygen atoms in total. The van der Waals surface area contributed by atoms with Crippen LogP contribution in [0.2, 0.25) is 0 Å². The number of allylic oxidation sites excluding steroid dienone is 1. The summed E-state index contributed by atoms with van der Waals surface area (Å²) in [6, 6.07) is 8.78. The van der Waals surface area contributed by atoms with Crippen LogP contribution in [0.3, 0.4) is 0 Å². The minimum absolute atomic E-state index is 0.0323. The topological polar surface area (TPSA) is 12.0 Å². The fraction of sp³-hybridized carbons (Fsp3) is 0.556. The lowest BCUT2D eigenvalue weighted by molar-refractivity contribution is -0.259. The second-order valence-corrected chi connectivity index (χ2v) is 5.80. The first-order valence-electron chi connectivity index (χ1n) is 8.17. The van der Waals surface area contributed by atoms with E-state index in [9.17, 15) is 22.0 Å². The van der Waals surface area contributed by atoms with Gasteiger partial charge in [-0.1, -0.05) is 69.0 Å². The van der Waals surface area contributed by atoms with Crippen molar-refractivity contribution < 1.29 is 22.0 Å². The van der Waals surface area contributed by atoms with Crippen LogP contribution in [0.1, 0.15) is 44.6 Å². The Morgan fingerprint density at radius 1 is 1.00 bits per heavy atom. The van der Waals surface area contributed by atoms with Crippen molar-refractivity contribution in [1.82, 2.24) is 5.32 Å². The van der Waals surface area contributed by atoms with Crippen molar-refractivity contribution in [3.63, 3.8) is 0 Å². The number of hydrogen-bond acceptors (Lipinski definition) is 1. The number of halogens is 5. The van der Waals surface area contributed by atoms with Crippen molar-refractivity contribution in [3.05, 3.63) is 48.0 Å². The summed E-state index contributed by atoms with van der Waals surface area (Å²) in [5.74, 6) is -4.80. The Bertz CT molecular complexity index is 482. The smallest absolute Gasteiger partial charge is 0.306 e. The average Bonchev–Trinajstić information content (AvgIpc) is 2.53. The third-order valence-electron chi connectivity index (χ3n) is 3.70. The number of unbranched alkanes of at least 4 members (excludes halogenated alkanes) is 3. The minimum Gasteiger partial charge on any atom is -0.306 e. The standard InChI is InChI=1S/C18H24F5N/c1-2-3-4-8-11-16(12-13-17(19,20)18(21,22)23)24-14-15-9-6-5-7-10-15/h5-7,9-10,12-13,16,24H,2-4,8,11,14H2,1H3/b13-12+. The molecule has 0 saturated carbocycles. The SMILES string of the molecule is CCCCCCC(/C=C/C(F)(F)C(F)(F)F)NCc1ccccc1. The van der Waals surface area contributed by atoms with E-state index in [1.54, 1.807) is 0 Å². The second-order valence-electron chi connectivity index (χ2n) is 5.80. The van der Waals surface area contributed by atoms with Gasteiger partial charge in [-0.25, -0.2) is 0 Å². The lowest BCUT2D eigenvalue weighted by atomic mass is 10.1. The van der Waals surface area contributed by atoms with Gasteiger partial charge in [-0.3, -0.25) is 0 Å². The maximum absolute atomic E-state index is 13.1. The summed E-state index contributed by atoms with van der Waals surface area (Å²) in [6.07, 6.45) is -0.353. The van der Waals surface area contributed by atoms with E-state index in [1.807, 2.05) is 30.3 Å². The summed E-state index contributed by atoms with van der Waals surface area (Å²) in [5.41, 5.74) is 0.951. The highest BCUT2D eigenvalue weighted by molar-refractivity contribution is 5.15. The zero-order chi connectivity index (χ0) is 18.1. The molecule has 0 aliphatic carbocycles. The molecule has 0 aliphatic heterocycles. The molecule has 1 atom stereocenters. The van der Waals surface area contributed by atoms with Gasteiger partial charge in [-0.15, -0.1) is 0 Å². The van der Waals surface area contributed by atoms with Crippen LogP contribution in [-0.2, 0) is 6.54 Å². The van der Waals surface area contributed by atoms with Crippen LogP contribution in [0.25, 0.3) is 0 Å². The van der Waals surface area contributed by atoms with Gasteiger partial charge in [0.2, 0.25) is 0 Å². The Labute approximate surface area is 139 Å². The van der Waals surface area contributed by atoms with E-state index in [0.717, 1.165) is 37.3 Å². The number of nitrogens with one attached hydrogen (secondary N) is 1. The summed E-state index contributed by atoms with van der Waals surface area (Å²) in [6.45, 7) is 2.47. The molecule has 1 N–H and O–H groups in total. The highest BCUT2D eigenvalue weighted by Gasteiger charge is 2.55. The van der Waals surface area contributed by atoms with Crippen molar-refractivity contribution in [2.45, 2.75) is 63.7 Å². The Balaban J connectivity index is 2.66. The van der Waals surface area contributed by atoms with Gasteiger partial charge in [0.05, 0.1) is 0 Å². The zero-order valence-corrected chi connectivity index (χ0v) is 13.8. The quantitative estimate of drug-likeness (QED) is 0.316. The van der Waals surface area contributed by atoms with Gasteiger partial charge in [-0.2, -0.15) is 22.0 Å². The second kappa shape index (κ2) is 9.77. The number of hydrogen-bond donors (Lipinski definition) is 1. The lowest BCUT2D eigenvalue weighted by Gasteiger charge is -2.19. The first-order valence-corrected chi connectivity index (χ1v) is 8.17. The molecule has 0 amide bonds. The van der Waals surface area contributed by atoms with Crippen molar-refractivity contribution >= 4 is 0 Å². The largest absolute Gasteiger partial charge is 0.457 e. The normalized spacial score (nSPS) is 14.2. The van der Waals surface area contributed by atoms with E-state index in [1.165, 1.54) is 0 Å². The van der Waals surface area contributed by atoms with E-state index in [0.29, 0.717) is 13.0 Å². The van der Waals surface area contributed by atoms with Crippen molar-refractivity contribution in [2.75, 3.05) is 0 Å². The van der Waals surface area contributed by atoms with Gasteiger partial charge in [0.1, 0.15) is 0 Å². The molecule has 1 rings (SSSR count). The predicted molar refractivity (Wildman–Crippen MR) is 86.0 cm³/mol. The van der Waals surface area contributed by atoms with E-state index in [4.69, 9.17) is 0 Å². The summed E-state index contributed by atoms with van der Waals surface area (Å²) in [4.78, 5) is 0. The van der Waals surface area contributed by atoms with Crippen LogP contribution in [0.5, 0.6) is 0 Å². The van der Waals surface area contributed by atoms with Gasteiger partial charge >= 0.3 is 12.1 Å². The fourth-order valence-corrected chi connectivity index (χ4v) is 2.23. The molecule has 0 heterocycles. The maximum Gasteiger partial charge on any atom is 0.457 e. The minimum atomic E-state index is -5.56. The van der Waals surface area contributed by atoms with Crippen LogP contribution in [0, 0.1) is 0 Å². The molecule has 0 spiro atoms. The number of benzene rings is 1. The zero-order valence-electron chi connectivity index (χ0n) is 13.8. The molecule has 0 bridgehead atoms. The molecule has 0 aliphatic rings. The van der Waals surface area contributed by atoms with Crippen molar-refractivity contribution in [2.24, 2.45) is 0 Å². The van der Waals surface area contributed by atoms with Crippen LogP contribution >= 0.6 is 0 Å². The maximum atomic E-state index is 13.1. The number of alkyl halides is 5. The number of rotatable bonds is 10. The molecule has 1 aromatic carbocycles. The molecule has 6 heteroatoms. The Kier molecular flexibility index (Phi) is 8.39. The monoisotopic (exact) mass is 349 g/mol. The van der Waals surface area contributed by atoms with Gasteiger partial charge < -0.3 is 5.32 Å². The predicted octanol–water partition coefficient (Wildman–Crippen LogP) is 5.87. The summed E-state index contributed by atoms with van der Waals surface area (Å²) >= 11 is 0. The molecule has 1 aromatic rings. The summed E-state index contributed by atoms with van der Waals surface area (Å²) in [5, 5.41) is 3.05. The molecule has 0 saturated heterocycles. The van der Waals surface area contributed by atoms with Crippen LogP contribution in [0.4, 0.5) is 22.0 Å². The Morgan fingerprint density at radius 3 is 2.25 bits per heavy atom. The molecule has 0 aromatic heterocycles. The lowest BCUT2D eigenvalue weighted by Crippen LogP contribution is -2.35. The van der Waals surface area contributed by atoms with E-state index in [-0.39, 0.29) is 6.08 Å². The molecular weight excluding hydrogens is 325 g/mol. The highest BCUT2D eigenvalue weighted by Crippen LogP contribution is 2.36. The van der Waals surface area contributed by atoms with Gasteiger partial charge in [-0.05, 0) is 18.1 Å². The molecule has 0 fully saturated rings. The average molecular weight is 349 g/mol. The van der Waals surface area contributed by atoms with Gasteiger partial charge in [0.15, 0.2) is 0 Å². The molecule has 136 valence electrons. The first-order chi connectivity index (χ1) is 11.3. The fourth-order valence-electron chi connectivity index (χ4n) is 2.23. The van der Waals surface area contributed by atoms with Gasteiger partial charge in [0.25, 0.3) is 0 Å². The molecule has 0 radical (unpaired) electrons. The molecule has 1 unspecified atom stereocenters. The molecular formula is C18H24F5N. The van der Waals surface area contributed by atoms with Crippen LogP contribution in [-0.4, -0.2) is 18.1 Å². The van der Waals surface area contributed by atoms with E-state index >= 15 is 0 Å². The summed E-state index contributed by atoms with van der Waals surface area (Å²) < 4.78 is 62.9.